The smallest absolute Gasteiger partial charge is 0.259 e. The number of hydrogen-bond acceptors (Lipinski definition) is 2. The van der Waals surface area contributed by atoms with Gasteiger partial charge in [-0.2, -0.15) is 0 Å². The monoisotopic (exact) mass is 277 g/mol. The van der Waals surface area contributed by atoms with Gasteiger partial charge in [0, 0.05) is 11.1 Å². The van der Waals surface area contributed by atoms with Crippen LogP contribution in [0.1, 0.15) is 15.9 Å². The average molecular weight is 277 g/mol. The summed E-state index contributed by atoms with van der Waals surface area (Å²) in [6.45, 7) is 1.87. The van der Waals surface area contributed by atoms with Crippen LogP contribution in [0.2, 0.25) is 0 Å². The molecule has 0 unspecified atom stereocenters. The van der Waals surface area contributed by atoms with Crippen molar-refractivity contribution in [3.05, 3.63) is 71.8 Å². The second-order valence-electron chi connectivity index (χ2n) is 5.00. The lowest BCUT2D eigenvalue weighted by Crippen LogP contribution is -2.12. The van der Waals surface area contributed by atoms with E-state index in [0.29, 0.717) is 0 Å². The summed E-state index contributed by atoms with van der Waals surface area (Å²) in [5, 5.41) is 14.8. The molecule has 3 heteroatoms. The third kappa shape index (κ3) is 2.58. The second-order valence-corrected chi connectivity index (χ2v) is 5.00. The van der Waals surface area contributed by atoms with Crippen LogP contribution < -0.4 is 5.32 Å². The Hall–Kier alpha value is -2.81. The van der Waals surface area contributed by atoms with Crippen LogP contribution in [0.25, 0.3) is 10.8 Å². The van der Waals surface area contributed by atoms with Gasteiger partial charge in [0.25, 0.3) is 5.91 Å². The molecule has 0 spiro atoms. The van der Waals surface area contributed by atoms with E-state index in [1.807, 2.05) is 49.4 Å². The first kappa shape index (κ1) is 13.2. The van der Waals surface area contributed by atoms with Gasteiger partial charge in [0.15, 0.2) is 0 Å². The molecule has 0 bridgehead atoms. The molecule has 0 saturated heterocycles. The van der Waals surface area contributed by atoms with Gasteiger partial charge < -0.3 is 10.4 Å². The second kappa shape index (κ2) is 5.29. The van der Waals surface area contributed by atoms with Crippen LogP contribution in [0.5, 0.6) is 5.75 Å². The molecule has 0 aliphatic rings. The zero-order valence-corrected chi connectivity index (χ0v) is 11.6. The zero-order chi connectivity index (χ0) is 14.8. The molecule has 104 valence electrons. The lowest BCUT2D eigenvalue weighted by atomic mass is 10.1. The van der Waals surface area contributed by atoms with Gasteiger partial charge in [-0.25, -0.2) is 0 Å². The molecule has 1 amide bonds. The minimum atomic E-state index is -0.316. The van der Waals surface area contributed by atoms with Gasteiger partial charge in [-0.15, -0.1) is 0 Å². The van der Waals surface area contributed by atoms with E-state index in [9.17, 15) is 9.90 Å². The number of phenols is 1. The van der Waals surface area contributed by atoms with Crippen LogP contribution in [0.4, 0.5) is 5.69 Å². The number of phenolic OH excluding ortho intramolecular Hbond substituents is 1. The van der Waals surface area contributed by atoms with Crippen LogP contribution in [-0.4, -0.2) is 11.0 Å². The number of anilines is 1. The maximum absolute atomic E-state index is 12.3. The standard InChI is InChI=1S/C18H15NO2/c1-12-9-10-15(17(20)11-12)18(21)19-16-8-4-6-13-5-2-3-7-14(13)16/h2-11,20H,1H3,(H,19,21). The topological polar surface area (TPSA) is 49.3 Å². The quantitative estimate of drug-likeness (QED) is 0.740. The molecular formula is C18H15NO2. The number of nitrogens with one attached hydrogen (secondary N) is 1. The largest absolute Gasteiger partial charge is 0.507 e. The van der Waals surface area contributed by atoms with Crippen LogP contribution >= 0.6 is 0 Å². The molecule has 3 aromatic rings. The first-order chi connectivity index (χ1) is 10.1. The third-order valence-corrected chi connectivity index (χ3v) is 3.44. The van der Waals surface area contributed by atoms with E-state index < -0.39 is 0 Å². The highest BCUT2D eigenvalue weighted by Gasteiger charge is 2.12. The van der Waals surface area contributed by atoms with Crippen molar-refractivity contribution >= 4 is 22.4 Å². The van der Waals surface area contributed by atoms with Crippen LogP contribution in [0, 0.1) is 6.92 Å². The Morgan fingerprint density at radius 3 is 2.57 bits per heavy atom. The Morgan fingerprint density at radius 2 is 1.76 bits per heavy atom. The molecule has 0 aliphatic carbocycles. The van der Waals surface area contributed by atoms with Gasteiger partial charge in [-0.3, -0.25) is 4.79 Å². The Balaban J connectivity index is 1.97. The van der Waals surface area contributed by atoms with Crippen molar-refractivity contribution in [3.8, 4) is 5.75 Å². The van der Waals surface area contributed by atoms with Gasteiger partial charge in [-0.1, -0.05) is 42.5 Å². The van der Waals surface area contributed by atoms with Crippen molar-refractivity contribution in [1.29, 1.82) is 0 Å². The lowest BCUT2D eigenvalue weighted by molar-refractivity contribution is 0.102. The van der Waals surface area contributed by atoms with Crippen molar-refractivity contribution in [2.75, 3.05) is 5.32 Å². The number of rotatable bonds is 2. The highest BCUT2D eigenvalue weighted by Crippen LogP contribution is 2.25. The van der Waals surface area contributed by atoms with E-state index in [4.69, 9.17) is 0 Å². The highest BCUT2D eigenvalue weighted by molar-refractivity contribution is 6.10. The molecule has 0 radical (unpaired) electrons. The number of carbonyl (C=O) groups is 1. The van der Waals surface area contributed by atoms with E-state index >= 15 is 0 Å². The van der Waals surface area contributed by atoms with Gasteiger partial charge in [-0.05, 0) is 36.1 Å². The van der Waals surface area contributed by atoms with E-state index in [2.05, 4.69) is 5.32 Å². The van der Waals surface area contributed by atoms with E-state index in [-0.39, 0.29) is 17.2 Å². The number of fused-ring (bicyclic) bond motifs is 1. The molecule has 0 aliphatic heterocycles. The number of carbonyl (C=O) groups excluding carboxylic acids is 1. The normalized spacial score (nSPS) is 10.5. The van der Waals surface area contributed by atoms with Gasteiger partial charge >= 0.3 is 0 Å². The summed E-state index contributed by atoms with van der Waals surface area (Å²) >= 11 is 0. The van der Waals surface area contributed by atoms with Crippen molar-refractivity contribution < 1.29 is 9.90 Å². The van der Waals surface area contributed by atoms with Gasteiger partial charge in [0.05, 0.1) is 5.56 Å². The number of benzene rings is 3. The molecule has 0 saturated carbocycles. The van der Waals surface area contributed by atoms with Crippen molar-refractivity contribution in [1.82, 2.24) is 0 Å². The summed E-state index contributed by atoms with van der Waals surface area (Å²) in [6.07, 6.45) is 0. The average Bonchev–Trinajstić information content (AvgIpc) is 2.47. The number of amides is 1. The number of aromatic hydroxyl groups is 1. The Labute approximate surface area is 122 Å². The van der Waals surface area contributed by atoms with Crippen molar-refractivity contribution in [2.45, 2.75) is 6.92 Å². The minimum Gasteiger partial charge on any atom is -0.507 e. The molecule has 3 rings (SSSR count). The fourth-order valence-corrected chi connectivity index (χ4v) is 2.36. The van der Waals surface area contributed by atoms with Crippen molar-refractivity contribution in [2.24, 2.45) is 0 Å². The maximum atomic E-state index is 12.3. The highest BCUT2D eigenvalue weighted by atomic mass is 16.3. The van der Waals surface area contributed by atoms with Gasteiger partial charge in [0.1, 0.15) is 5.75 Å². The van der Waals surface area contributed by atoms with Crippen molar-refractivity contribution in [3.63, 3.8) is 0 Å². The van der Waals surface area contributed by atoms with E-state index in [1.54, 1.807) is 18.2 Å². The SMILES string of the molecule is Cc1ccc(C(=O)Nc2cccc3ccccc23)c(O)c1. The fourth-order valence-electron chi connectivity index (χ4n) is 2.36. The molecule has 3 aromatic carbocycles. The van der Waals surface area contributed by atoms with Crippen LogP contribution in [-0.2, 0) is 0 Å². The molecule has 0 fully saturated rings. The molecule has 0 aromatic heterocycles. The summed E-state index contributed by atoms with van der Waals surface area (Å²) in [5.74, 6) is -0.323. The van der Waals surface area contributed by atoms with Crippen LogP contribution in [0.15, 0.2) is 60.7 Å². The first-order valence-electron chi connectivity index (χ1n) is 6.74. The minimum absolute atomic E-state index is 0.00673. The Bertz CT molecular complexity index is 819. The maximum Gasteiger partial charge on any atom is 0.259 e. The third-order valence-electron chi connectivity index (χ3n) is 3.44. The predicted molar refractivity (Wildman–Crippen MR) is 84.7 cm³/mol. The molecule has 3 nitrogen and oxygen atoms in total. The number of hydrogen-bond donors (Lipinski definition) is 2. The van der Waals surface area contributed by atoms with E-state index in [1.165, 1.54) is 0 Å². The van der Waals surface area contributed by atoms with E-state index in [0.717, 1.165) is 22.0 Å². The Morgan fingerprint density at radius 1 is 1.00 bits per heavy atom. The first-order valence-corrected chi connectivity index (χ1v) is 6.74. The summed E-state index contributed by atoms with van der Waals surface area (Å²) in [6, 6.07) is 18.6. The summed E-state index contributed by atoms with van der Waals surface area (Å²) in [4.78, 5) is 12.3. The lowest BCUT2D eigenvalue weighted by Gasteiger charge is -2.10. The van der Waals surface area contributed by atoms with Crippen LogP contribution in [0.3, 0.4) is 0 Å². The molecule has 2 N–H and O–H groups in total. The molecular weight excluding hydrogens is 262 g/mol. The molecule has 0 heterocycles. The zero-order valence-electron chi connectivity index (χ0n) is 11.6. The molecule has 0 atom stereocenters. The van der Waals surface area contributed by atoms with Gasteiger partial charge in [0.2, 0.25) is 0 Å². The fraction of sp³-hybridized carbons (Fsp3) is 0.0556. The summed E-state index contributed by atoms with van der Waals surface area (Å²) < 4.78 is 0. The summed E-state index contributed by atoms with van der Waals surface area (Å²) in [7, 11) is 0. The predicted octanol–water partition coefficient (Wildman–Crippen LogP) is 4.11. The molecule has 21 heavy (non-hydrogen) atoms. The summed E-state index contributed by atoms with van der Waals surface area (Å²) in [5.41, 5.74) is 1.92. The Kier molecular flexibility index (Phi) is 3.32. The number of aryl methyl sites for hydroxylation is 1.